The van der Waals surface area contributed by atoms with Crippen molar-refractivity contribution in [2.24, 2.45) is 5.92 Å². The molecule has 0 radical (unpaired) electrons. The van der Waals surface area contributed by atoms with E-state index in [4.69, 9.17) is 0 Å². The number of hydrogen-bond acceptors (Lipinski definition) is 2. The second-order valence-corrected chi connectivity index (χ2v) is 4.95. The number of rotatable bonds is 10. The summed E-state index contributed by atoms with van der Waals surface area (Å²) in [5.41, 5.74) is 0. The average Bonchev–Trinajstić information content (AvgIpc) is 2.30. The SMILES string of the molecule is C=CCCCCCNC(C)C(=O)NCC(C)C. The molecule has 0 saturated heterocycles. The Bertz CT molecular complexity index is 214. The highest BCUT2D eigenvalue weighted by atomic mass is 16.2. The van der Waals surface area contributed by atoms with Crippen molar-refractivity contribution in [3.63, 3.8) is 0 Å². The van der Waals surface area contributed by atoms with Gasteiger partial charge in [-0.25, -0.2) is 0 Å². The molecule has 0 spiro atoms. The van der Waals surface area contributed by atoms with Gasteiger partial charge >= 0.3 is 0 Å². The van der Waals surface area contributed by atoms with Crippen LogP contribution in [0.2, 0.25) is 0 Å². The van der Waals surface area contributed by atoms with E-state index in [2.05, 4.69) is 31.1 Å². The molecule has 0 aliphatic rings. The van der Waals surface area contributed by atoms with Crippen molar-refractivity contribution in [1.29, 1.82) is 0 Å². The van der Waals surface area contributed by atoms with Crippen molar-refractivity contribution < 1.29 is 4.79 Å². The van der Waals surface area contributed by atoms with Gasteiger partial charge in [-0.3, -0.25) is 4.79 Å². The minimum atomic E-state index is -0.0897. The molecule has 100 valence electrons. The maximum Gasteiger partial charge on any atom is 0.236 e. The first-order valence-corrected chi connectivity index (χ1v) is 6.70. The maximum atomic E-state index is 11.6. The number of hydrogen-bond donors (Lipinski definition) is 2. The molecule has 1 atom stereocenters. The van der Waals surface area contributed by atoms with Crippen LogP contribution in [-0.4, -0.2) is 25.0 Å². The van der Waals surface area contributed by atoms with Crippen LogP contribution in [0, 0.1) is 5.92 Å². The van der Waals surface area contributed by atoms with Crippen molar-refractivity contribution >= 4 is 5.91 Å². The molecule has 0 fully saturated rings. The number of amides is 1. The van der Waals surface area contributed by atoms with Gasteiger partial charge in [-0.05, 0) is 38.6 Å². The van der Waals surface area contributed by atoms with Crippen LogP contribution in [0.3, 0.4) is 0 Å². The van der Waals surface area contributed by atoms with Crippen LogP contribution in [0.15, 0.2) is 12.7 Å². The lowest BCUT2D eigenvalue weighted by molar-refractivity contribution is -0.122. The van der Waals surface area contributed by atoms with Gasteiger partial charge in [-0.1, -0.05) is 26.3 Å². The third-order valence-electron chi connectivity index (χ3n) is 2.61. The summed E-state index contributed by atoms with van der Waals surface area (Å²) in [5, 5.41) is 6.17. The van der Waals surface area contributed by atoms with Crippen LogP contribution < -0.4 is 10.6 Å². The smallest absolute Gasteiger partial charge is 0.236 e. The Morgan fingerprint density at radius 1 is 1.24 bits per heavy atom. The fraction of sp³-hybridized carbons (Fsp3) is 0.786. The molecule has 2 N–H and O–H groups in total. The molecule has 0 aromatic rings. The zero-order chi connectivity index (χ0) is 13.1. The molecule has 0 aromatic carbocycles. The van der Waals surface area contributed by atoms with Gasteiger partial charge in [0.2, 0.25) is 5.91 Å². The summed E-state index contributed by atoms with van der Waals surface area (Å²) in [6.07, 6.45) is 6.55. The van der Waals surface area contributed by atoms with Gasteiger partial charge in [0.15, 0.2) is 0 Å². The number of carbonyl (C=O) groups is 1. The van der Waals surface area contributed by atoms with Gasteiger partial charge in [-0.15, -0.1) is 6.58 Å². The highest BCUT2D eigenvalue weighted by Crippen LogP contribution is 1.99. The molecule has 3 heteroatoms. The first-order chi connectivity index (χ1) is 8.07. The molecule has 0 aliphatic heterocycles. The second-order valence-electron chi connectivity index (χ2n) is 4.95. The average molecular weight is 240 g/mol. The number of carbonyl (C=O) groups excluding carboxylic acids is 1. The normalized spacial score (nSPS) is 12.5. The fourth-order valence-electron chi connectivity index (χ4n) is 1.46. The monoisotopic (exact) mass is 240 g/mol. The minimum absolute atomic E-state index is 0.0897. The Labute approximate surface area is 106 Å². The summed E-state index contributed by atoms with van der Waals surface area (Å²) >= 11 is 0. The molecule has 1 unspecified atom stereocenters. The highest BCUT2D eigenvalue weighted by Gasteiger charge is 2.11. The molecule has 17 heavy (non-hydrogen) atoms. The zero-order valence-corrected chi connectivity index (χ0v) is 11.6. The van der Waals surface area contributed by atoms with Gasteiger partial charge in [0.1, 0.15) is 0 Å². The van der Waals surface area contributed by atoms with Gasteiger partial charge in [-0.2, -0.15) is 0 Å². The molecule has 0 saturated carbocycles. The third kappa shape index (κ3) is 10.1. The van der Waals surface area contributed by atoms with E-state index in [1.165, 1.54) is 12.8 Å². The Hall–Kier alpha value is -0.830. The molecule has 0 rings (SSSR count). The second kappa shape index (κ2) is 10.3. The van der Waals surface area contributed by atoms with Crippen LogP contribution in [0.4, 0.5) is 0 Å². The van der Waals surface area contributed by atoms with E-state index in [0.29, 0.717) is 5.92 Å². The lowest BCUT2D eigenvalue weighted by Gasteiger charge is -2.15. The highest BCUT2D eigenvalue weighted by molar-refractivity contribution is 5.81. The molecule has 0 bridgehead atoms. The number of nitrogens with one attached hydrogen (secondary N) is 2. The van der Waals surface area contributed by atoms with E-state index in [0.717, 1.165) is 25.9 Å². The molecular formula is C14H28N2O. The van der Waals surface area contributed by atoms with E-state index < -0.39 is 0 Å². The quantitative estimate of drug-likeness (QED) is 0.455. The number of allylic oxidation sites excluding steroid dienone is 1. The minimum Gasteiger partial charge on any atom is -0.354 e. The zero-order valence-electron chi connectivity index (χ0n) is 11.6. The molecule has 1 amide bonds. The Balaban J connectivity index is 3.47. The Morgan fingerprint density at radius 2 is 1.94 bits per heavy atom. The van der Waals surface area contributed by atoms with Gasteiger partial charge < -0.3 is 10.6 Å². The predicted molar refractivity (Wildman–Crippen MR) is 74.0 cm³/mol. The van der Waals surface area contributed by atoms with Crippen LogP contribution in [-0.2, 0) is 4.79 Å². The first-order valence-electron chi connectivity index (χ1n) is 6.70. The first kappa shape index (κ1) is 16.2. The van der Waals surface area contributed by atoms with Gasteiger partial charge in [0, 0.05) is 6.54 Å². The van der Waals surface area contributed by atoms with Crippen molar-refractivity contribution in [2.75, 3.05) is 13.1 Å². The molecular weight excluding hydrogens is 212 g/mol. The summed E-state index contributed by atoms with van der Waals surface area (Å²) < 4.78 is 0. The topological polar surface area (TPSA) is 41.1 Å². The maximum absolute atomic E-state index is 11.6. The van der Waals surface area contributed by atoms with E-state index >= 15 is 0 Å². The number of unbranched alkanes of at least 4 members (excludes halogenated alkanes) is 3. The van der Waals surface area contributed by atoms with Crippen molar-refractivity contribution in [2.45, 2.75) is 52.5 Å². The van der Waals surface area contributed by atoms with Gasteiger partial charge in [0.25, 0.3) is 0 Å². The standard InChI is InChI=1S/C14H28N2O/c1-5-6-7-8-9-10-15-13(4)14(17)16-11-12(2)3/h5,12-13,15H,1,6-11H2,2-4H3,(H,16,17). The van der Waals surface area contributed by atoms with Crippen LogP contribution in [0.1, 0.15) is 46.5 Å². The summed E-state index contributed by atoms with van der Waals surface area (Å²) in [7, 11) is 0. The largest absolute Gasteiger partial charge is 0.354 e. The molecule has 0 aromatic heterocycles. The molecule has 0 heterocycles. The van der Waals surface area contributed by atoms with Gasteiger partial charge in [0.05, 0.1) is 6.04 Å². The Morgan fingerprint density at radius 3 is 2.53 bits per heavy atom. The summed E-state index contributed by atoms with van der Waals surface area (Å²) in [5.74, 6) is 0.606. The van der Waals surface area contributed by atoms with Crippen molar-refractivity contribution in [3.8, 4) is 0 Å². The Kier molecular flexibility index (Phi) is 9.83. The third-order valence-corrected chi connectivity index (χ3v) is 2.61. The summed E-state index contributed by atoms with van der Waals surface area (Å²) in [4.78, 5) is 11.6. The summed E-state index contributed by atoms with van der Waals surface area (Å²) in [6, 6.07) is -0.0897. The van der Waals surface area contributed by atoms with Crippen molar-refractivity contribution in [3.05, 3.63) is 12.7 Å². The van der Waals surface area contributed by atoms with Crippen LogP contribution in [0.25, 0.3) is 0 Å². The molecule has 3 nitrogen and oxygen atoms in total. The lowest BCUT2D eigenvalue weighted by atomic mass is 10.2. The fourth-order valence-corrected chi connectivity index (χ4v) is 1.46. The van der Waals surface area contributed by atoms with E-state index in [-0.39, 0.29) is 11.9 Å². The van der Waals surface area contributed by atoms with E-state index in [9.17, 15) is 4.79 Å². The van der Waals surface area contributed by atoms with Crippen LogP contribution in [0.5, 0.6) is 0 Å². The predicted octanol–water partition coefficient (Wildman–Crippen LogP) is 2.48. The molecule has 0 aliphatic carbocycles. The van der Waals surface area contributed by atoms with Crippen LogP contribution >= 0.6 is 0 Å². The van der Waals surface area contributed by atoms with E-state index in [1.54, 1.807) is 0 Å². The lowest BCUT2D eigenvalue weighted by Crippen LogP contribution is -2.43. The van der Waals surface area contributed by atoms with E-state index in [1.807, 2.05) is 13.0 Å². The van der Waals surface area contributed by atoms with Crippen molar-refractivity contribution in [1.82, 2.24) is 10.6 Å². The summed E-state index contributed by atoms with van der Waals surface area (Å²) in [6.45, 7) is 11.5.